The molecule has 9 heavy (non-hydrogen) atoms. The molecule has 0 aliphatic carbocycles. The van der Waals surface area contributed by atoms with E-state index in [1.54, 1.807) is 12.3 Å². The molecule has 0 amide bonds. The van der Waals surface area contributed by atoms with Crippen molar-refractivity contribution < 1.29 is 0 Å². The highest BCUT2D eigenvalue weighted by Crippen LogP contribution is 2.03. The summed E-state index contributed by atoms with van der Waals surface area (Å²) in [6.07, 6.45) is 1.58. The zero-order chi connectivity index (χ0) is 6.69. The molecular weight excluding hydrogens is 159 g/mol. The number of hydrogen-bond acceptors (Lipinski definition) is 2. The number of aromatic nitrogens is 2. The lowest BCUT2D eigenvalue weighted by atomic mass is 10.6. The molecule has 4 heteroatoms. The van der Waals surface area contributed by atoms with Crippen LogP contribution >= 0.6 is 23.2 Å². The van der Waals surface area contributed by atoms with E-state index in [2.05, 4.69) is 9.97 Å². The van der Waals surface area contributed by atoms with Gasteiger partial charge in [0.2, 0.25) is 0 Å². The Bertz CT molecular complexity index is 202. The molecule has 0 saturated heterocycles. The maximum Gasteiger partial charge on any atom is 0.144 e. The van der Waals surface area contributed by atoms with Gasteiger partial charge in [0.25, 0.3) is 0 Å². The molecule has 1 aromatic heterocycles. The average Bonchev–Trinajstić information content (AvgIpc) is 1.88. The molecule has 1 aromatic rings. The van der Waals surface area contributed by atoms with Crippen LogP contribution in [0.4, 0.5) is 0 Å². The minimum Gasteiger partial charge on any atom is -0.240 e. The number of nitrogens with zero attached hydrogens (tertiary/aromatic N) is 2. The molecule has 0 aliphatic rings. The third kappa shape index (κ3) is 1.80. The Morgan fingerprint density at radius 2 is 2.33 bits per heavy atom. The zero-order valence-corrected chi connectivity index (χ0v) is 6.02. The predicted molar refractivity (Wildman–Crippen MR) is 36.6 cm³/mol. The van der Waals surface area contributed by atoms with Crippen molar-refractivity contribution >= 4 is 23.2 Å². The van der Waals surface area contributed by atoms with Crippen LogP contribution in [0.5, 0.6) is 0 Å². The first-order valence-electron chi connectivity index (χ1n) is 2.36. The van der Waals surface area contributed by atoms with Crippen molar-refractivity contribution in [1.29, 1.82) is 0 Å². The zero-order valence-electron chi connectivity index (χ0n) is 4.51. The van der Waals surface area contributed by atoms with Crippen LogP contribution in [0.2, 0.25) is 5.15 Å². The Labute approximate surface area is 62.8 Å². The van der Waals surface area contributed by atoms with E-state index in [1.165, 1.54) is 0 Å². The van der Waals surface area contributed by atoms with E-state index >= 15 is 0 Å². The van der Waals surface area contributed by atoms with Gasteiger partial charge in [0, 0.05) is 6.20 Å². The van der Waals surface area contributed by atoms with Gasteiger partial charge in [-0.3, -0.25) is 0 Å². The summed E-state index contributed by atoms with van der Waals surface area (Å²) in [6.45, 7) is 0. The van der Waals surface area contributed by atoms with E-state index in [0.29, 0.717) is 16.9 Å². The highest BCUT2D eigenvalue weighted by molar-refractivity contribution is 6.29. The minimum absolute atomic E-state index is 0.306. The molecule has 1 heterocycles. The highest BCUT2D eigenvalue weighted by atomic mass is 35.5. The van der Waals surface area contributed by atoms with Crippen LogP contribution < -0.4 is 0 Å². The number of alkyl halides is 1. The first-order valence-corrected chi connectivity index (χ1v) is 3.27. The number of rotatable bonds is 1. The lowest BCUT2D eigenvalue weighted by Gasteiger charge is -1.90. The molecule has 0 atom stereocenters. The molecule has 2 nitrogen and oxygen atoms in total. The van der Waals surface area contributed by atoms with Crippen molar-refractivity contribution in [3.8, 4) is 0 Å². The normalized spacial score (nSPS) is 9.56. The topological polar surface area (TPSA) is 25.8 Å². The fourth-order valence-electron chi connectivity index (χ4n) is 0.439. The Morgan fingerprint density at radius 3 is 2.78 bits per heavy atom. The molecule has 0 bridgehead atoms. The quantitative estimate of drug-likeness (QED) is 0.466. The molecule has 0 radical (unpaired) electrons. The molecule has 0 spiro atoms. The van der Waals surface area contributed by atoms with Crippen LogP contribution in [0.3, 0.4) is 0 Å². The summed E-state index contributed by atoms with van der Waals surface area (Å²) in [5, 5.41) is 0.431. The fourth-order valence-corrected chi connectivity index (χ4v) is 0.721. The summed E-state index contributed by atoms with van der Waals surface area (Å²) >= 11 is 10.9. The van der Waals surface area contributed by atoms with Crippen LogP contribution in [-0.4, -0.2) is 9.97 Å². The van der Waals surface area contributed by atoms with E-state index < -0.39 is 0 Å². The van der Waals surface area contributed by atoms with Gasteiger partial charge in [-0.2, -0.15) is 0 Å². The summed E-state index contributed by atoms with van der Waals surface area (Å²) in [4.78, 5) is 7.64. The lowest BCUT2D eigenvalue weighted by Crippen LogP contribution is -1.88. The third-order valence-electron chi connectivity index (χ3n) is 0.791. The molecule has 0 saturated carbocycles. The smallest absolute Gasteiger partial charge is 0.144 e. The first kappa shape index (κ1) is 6.78. The van der Waals surface area contributed by atoms with E-state index in [9.17, 15) is 0 Å². The van der Waals surface area contributed by atoms with Crippen molar-refractivity contribution in [2.75, 3.05) is 0 Å². The second kappa shape index (κ2) is 2.99. The van der Waals surface area contributed by atoms with Gasteiger partial charge in [0.1, 0.15) is 11.0 Å². The first-order chi connectivity index (χ1) is 4.33. The van der Waals surface area contributed by atoms with Crippen molar-refractivity contribution in [3.05, 3.63) is 23.2 Å². The van der Waals surface area contributed by atoms with Crippen molar-refractivity contribution in [2.24, 2.45) is 0 Å². The fraction of sp³-hybridized carbons (Fsp3) is 0.200. The van der Waals surface area contributed by atoms with Crippen LogP contribution in [0.25, 0.3) is 0 Å². The maximum absolute atomic E-state index is 5.51. The van der Waals surface area contributed by atoms with E-state index in [4.69, 9.17) is 23.2 Å². The van der Waals surface area contributed by atoms with Gasteiger partial charge >= 0.3 is 0 Å². The third-order valence-corrected chi connectivity index (χ3v) is 1.24. The van der Waals surface area contributed by atoms with Crippen LogP contribution in [0.1, 0.15) is 5.82 Å². The Morgan fingerprint density at radius 1 is 1.56 bits per heavy atom. The van der Waals surface area contributed by atoms with E-state index in [-0.39, 0.29) is 0 Å². The van der Waals surface area contributed by atoms with Gasteiger partial charge in [0.15, 0.2) is 0 Å². The van der Waals surface area contributed by atoms with Crippen LogP contribution in [0.15, 0.2) is 12.3 Å². The molecular formula is C5H4Cl2N2. The monoisotopic (exact) mass is 162 g/mol. The lowest BCUT2D eigenvalue weighted by molar-refractivity contribution is 1.03. The summed E-state index contributed by atoms with van der Waals surface area (Å²) in [6, 6.07) is 1.61. The standard InChI is InChI=1S/C5H4Cl2N2/c6-3-5-8-2-1-4(7)9-5/h1-2H,3H2. The minimum atomic E-state index is 0.306. The maximum atomic E-state index is 5.51. The molecule has 0 N–H and O–H groups in total. The largest absolute Gasteiger partial charge is 0.240 e. The second-order valence-corrected chi connectivity index (χ2v) is 2.08. The van der Waals surface area contributed by atoms with Gasteiger partial charge < -0.3 is 0 Å². The van der Waals surface area contributed by atoms with Crippen molar-refractivity contribution in [3.63, 3.8) is 0 Å². The summed E-state index contributed by atoms with van der Waals surface area (Å²) in [5.41, 5.74) is 0. The number of halogens is 2. The molecule has 48 valence electrons. The summed E-state index contributed by atoms with van der Waals surface area (Å²) in [5.74, 6) is 0.866. The SMILES string of the molecule is ClCc1nccc(Cl)n1. The van der Waals surface area contributed by atoms with Gasteiger partial charge in [-0.15, -0.1) is 11.6 Å². The second-order valence-electron chi connectivity index (χ2n) is 1.43. The highest BCUT2D eigenvalue weighted by Gasteiger charge is 1.92. The molecule has 0 aliphatic heterocycles. The van der Waals surface area contributed by atoms with Gasteiger partial charge in [0.05, 0.1) is 5.88 Å². The van der Waals surface area contributed by atoms with Crippen LogP contribution in [0, 0.1) is 0 Å². The van der Waals surface area contributed by atoms with Crippen LogP contribution in [-0.2, 0) is 5.88 Å². The van der Waals surface area contributed by atoms with E-state index in [1.807, 2.05) is 0 Å². The van der Waals surface area contributed by atoms with Gasteiger partial charge in [-0.25, -0.2) is 9.97 Å². The summed E-state index contributed by atoms with van der Waals surface area (Å²) in [7, 11) is 0. The van der Waals surface area contributed by atoms with Gasteiger partial charge in [-0.05, 0) is 6.07 Å². The Kier molecular flexibility index (Phi) is 2.25. The predicted octanol–water partition coefficient (Wildman–Crippen LogP) is 1.87. The Hall–Kier alpha value is -0.340. The molecule has 0 unspecified atom stereocenters. The molecule has 1 rings (SSSR count). The summed E-state index contributed by atoms with van der Waals surface area (Å²) < 4.78 is 0. The number of hydrogen-bond donors (Lipinski definition) is 0. The molecule has 0 aromatic carbocycles. The Balaban J connectivity index is 2.94. The van der Waals surface area contributed by atoms with Gasteiger partial charge in [-0.1, -0.05) is 11.6 Å². The average molecular weight is 163 g/mol. The van der Waals surface area contributed by atoms with E-state index in [0.717, 1.165) is 0 Å². The molecule has 0 fully saturated rings. The van der Waals surface area contributed by atoms with Crippen molar-refractivity contribution in [1.82, 2.24) is 9.97 Å². The van der Waals surface area contributed by atoms with Crippen molar-refractivity contribution in [2.45, 2.75) is 5.88 Å².